The lowest BCUT2D eigenvalue weighted by atomic mass is 9.74. The predicted molar refractivity (Wildman–Crippen MR) is 113 cm³/mol. The van der Waals surface area contributed by atoms with Crippen LogP contribution in [-0.4, -0.2) is 23.5 Å². The highest BCUT2D eigenvalue weighted by atomic mass is 16.5. The number of benzene rings is 1. The van der Waals surface area contributed by atoms with Crippen molar-refractivity contribution in [3.8, 4) is 11.5 Å². The van der Waals surface area contributed by atoms with Crippen molar-refractivity contribution in [2.75, 3.05) is 7.11 Å². The molecular formula is C23H31N3O3. The summed E-state index contributed by atoms with van der Waals surface area (Å²) in [6.45, 7) is 4.39. The van der Waals surface area contributed by atoms with Gasteiger partial charge in [-0.15, -0.1) is 0 Å². The van der Waals surface area contributed by atoms with Gasteiger partial charge in [-0.25, -0.2) is 0 Å². The number of nitrogens with two attached hydrogens (primary N) is 1. The molecule has 156 valence electrons. The number of rotatable bonds is 7. The number of carbonyl (C=O) groups excluding carboxylic acids is 1. The molecule has 0 spiro atoms. The number of methoxy groups -OCH3 is 1. The number of amides is 1. The van der Waals surface area contributed by atoms with E-state index >= 15 is 0 Å². The molecule has 1 aromatic carbocycles. The fourth-order valence-corrected chi connectivity index (χ4v) is 3.90. The molecule has 6 nitrogen and oxygen atoms in total. The molecule has 1 amide bonds. The lowest BCUT2D eigenvalue weighted by Crippen LogP contribution is -2.53. The van der Waals surface area contributed by atoms with Crippen LogP contribution in [0.25, 0.3) is 0 Å². The molecule has 1 aliphatic rings. The average Bonchev–Trinajstić information content (AvgIpc) is 2.72. The van der Waals surface area contributed by atoms with Crippen LogP contribution in [0.2, 0.25) is 0 Å². The van der Waals surface area contributed by atoms with E-state index < -0.39 is 5.54 Å². The van der Waals surface area contributed by atoms with E-state index in [1.54, 1.807) is 19.5 Å². The molecule has 0 aliphatic heterocycles. The van der Waals surface area contributed by atoms with E-state index in [9.17, 15) is 4.79 Å². The van der Waals surface area contributed by atoms with E-state index in [1.807, 2.05) is 44.2 Å². The van der Waals surface area contributed by atoms with Gasteiger partial charge in [-0.05, 0) is 62.1 Å². The SMILES string of the molecule is COc1cc(C(C)NC(=O)C2CCCCC2(C)N)ccc1OCc1ccncc1. The minimum absolute atomic E-state index is 0.0270. The highest BCUT2D eigenvalue weighted by molar-refractivity contribution is 5.80. The van der Waals surface area contributed by atoms with Gasteiger partial charge in [0, 0.05) is 17.9 Å². The van der Waals surface area contributed by atoms with Gasteiger partial charge in [-0.2, -0.15) is 0 Å². The molecule has 3 unspecified atom stereocenters. The van der Waals surface area contributed by atoms with Gasteiger partial charge >= 0.3 is 0 Å². The first-order chi connectivity index (χ1) is 13.9. The largest absolute Gasteiger partial charge is 0.493 e. The fraction of sp³-hybridized carbons (Fsp3) is 0.478. The predicted octanol–water partition coefficient (Wildman–Crippen LogP) is 3.75. The first-order valence-corrected chi connectivity index (χ1v) is 10.2. The van der Waals surface area contributed by atoms with Crippen LogP contribution in [0.15, 0.2) is 42.7 Å². The van der Waals surface area contributed by atoms with Crippen LogP contribution in [0, 0.1) is 5.92 Å². The third-order valence-corrected chi connectivity index (χ3v) is 5.76. The second-order valence-corrected chi connectivity index (χ2v) is 8.09. The van der Waals surface area contributed by atoms with Crippen molar-refractivity contribution in [2.24, 2.45) is 11.7 Å². The molecule has 3 N–H and O–H groups in total. The lowest BCUT2D eigenvalue weighted by molar-refractivity contribution is -0.128. The smallest absolute Gasteiger partial charge is 0.225 e. The highest BCUT2D eigenvalue weighted by Crippen LogP contribution is 2.34. The Morgan fingerprint density at radius 3 is 2.72 bits per heavy atom. The van der Waals surface area contributed by atoms with Crippen molar-refractivity contribution >= 4 is 5.91 Å². The van der Waals surface area contributed by atoms with Gasteiger partial charge in [0.2, 0.25) is 5.91 Å². The van der Waals surface area contributed by atoms with Crippen molar-refractivity contribution in [1.82, 2.24) is 10.3 Å². The number of pyridine rings is 1. The summed E-state index contributed by atoms with van der Waals surface area (Å²) in [6, 6.07) is 9.42. The summed E-state index contributed by atoms with van der Waals surface area (Å²) < 4.78 is 11.4. The molecule has 0 bridgehead atoms. The number of hydrogen-bond acceptors (Lipinski definition) is 5. The van der Waals surface area contributed by atoms with Gasteiger partial charge in [0.25, 0.3) is 0 Å². The topological polar surface area (TPSA) is 86.5 Å². The molecule has 1 heterocycles. The number of ether oxygens (including phenoxy) is 2. The summed E-state index contributed by atoms with van der Waals surface area (Å²) in [5.41, 5.74) is 7.93. The molecule has 1 fully saturated rings. The van der Waals surface area contributed by atoms with Crippen LogP contribution < -0.4 is 20.5 Å². The van der Waals surface area contributed by atoms with Crippen LogP contribution in [0.4, 0.5) is 0 Å². The number of hydrogen-bond donors (Lipinski definition) is 2. The third kappa shape index (κ3) is 5.26. The number of nitrogens with one attached hydrogen (secondary N) is 1. The highest BCUT2D eigenvalue weighted by Gasteiger charge is 2.38. The summed E-state index contributed by atoms with van der Waals surface area (Å²) in [6.07, 6.45) is 7.35. The Morgan fingerprint density at radius 1 is 1.28 bits per heavy atom. The Balaban J connectivity index is 1.66. The van der Waals surface area contributed by atoms with Crippen molar-refractivity contribution in [3.05, 3.63) is 53.9 Å². The quantitative estimate of drug-likeness (QED) is 0.743. The third-order valence-electron chi connectivity index (χ3n) is 5.76. The molecule has 1 aromatic heterocycles. The molecule has 0 saturated heterocycles. The van der Waals surface area contributed by atoms with E-state index in [4.69, 9.17) is 15.2 Å². The van der Waals surface area contributed by atoms with E-state index in [1.165, 1.54) is 0 Å². The maximum absolute atomic E-state index is 12.8. The molecule has 6 heteroatoms. The molecule has 3 rings (SSSR count). The first kappa shape index (κ1) is 21.1. The Kier molecular flexibility index (Phi) is 6.75. The molecule has 0 radical (unpaired) electrons. The Morgan fingerprint density at radius 2 is 2.03 bits per heavy atom. The maximum atomic E-state index is 12.8. The standard InChI is InChI=1S/C23H31N3O3/c1-16(26-22(27)19-6-4-5-11-23(19,2)24)18-7-8-20(21(14-18)28-3)29-15-17-9-12-25-13-10-17/h7-10,12-14,16,19H,4-6,11,15,24H2,1-3H3,(H,26,27). The number of aromatic nitrogens is 1. The maximum Gasteiger partial charge on any atom is 0.225 e. The van der Waals surface area contributed by atoms with E-state index in [0.717, 1.165) is 36.8 Å². The van der Waals surface area contributed by atoms with Crippen LogP contribution in [-0.2, 0) is 11.4 Å². The first-order valence-electron chi connectivity index (χ1n) is 10.2. The average molecular weight is 398 g/mol. The Hall–Kier alpha value is -2.60. The normalized spacial score (nSPS) is 22.6. The zero-order valence-corrected chi connectivity index (χ0v) is 17.5. The van der Waals surface area contributed by atoms with E-state index in [-0.39, 0.29) is 17.9 Å². The van der Waals surface area contributed by atoms with E-state index in [2.05, 4.69) is 10.3 Å². The van der Waals surface area contributed by atoms with Crippen LogP contribution >= 0.6 is 0 Å². The number of nitrogens with zero attached hydrogens (tertiary/aromatic N) is 1. The fourth-order valence-electron chi connectivity index (χ4n) is 3.90. The van der Waals surface area contributed by atoms with Crippen molar-refractivity contribution in [2.45, 2.75) is 57.7 Å². The summed E-state index contributed by atoms with van der Waals surface area (Å²) in [5, 5.41) is 3.13. The molecule has 3 atom stereocenters. The summed E-state index contributed by atoms with van der Waals surface area (Å²) in [7, 11) is 1.61. The van der Waals surface area contributed by atoms with Crippen molar-refractivity contribution < 1.29 is 14.3 Å². The zero-order chi connectivity index (χ0) is 20.9. The molecule has 1 aliphatic carbocycles. The van der Waals surface area contributed by atoms with Gasteiger partial charge in [-0.1, -0.05) is 18.9 Å². The number of carbonyl (C=O) groups is 1. The van der Waals surface area contributed by atoms with Gasteiger partial charge < -0.3 is 20.5 Å². The minimum atomic E-state index is -0.440. The zero-order valence-electron chi connectivity index (χ0n) is 17.5. The van der Waals surface area contributed by atoms with Crippen molar-refractivity contribution in [3.63, 3.8) is 0 Å². The van der Waals surface area contributed by atoms with Gasteiger partial charge in [0.15, 0.2) is 11.5 Å². The summed E-state index contributed by atoms with van der Waals surface area (Å²) in [5.74, 6) is 1.18. The lowest BCUT2D eigenvalue weighted by Gasteiger charge is -2.37. The summed E-state index contributed by atoms with van der Waals surface area (Å²) in [4.78, 5) is 16.8. The van der Waals surface area contributed by atoms with Gasteiger partial charge in [-0.3, -0.25) is 9.78 Å². The molecule has 2 aromatic rings. The van der Waals surface area contributed by atoms with E-state index in [0.29, 0.717) is 18.1 Å². The molecular weight excluding hydrogens is 366 g/mol. The molecule has 1 saturated carbocycles. The van der Waals surface area contributed by atoms with Crippen molar-refractivity contribution in [1.29, 1.82) is 0 Å². The van der Waals surface area contributed by atoms with Crippen LogP contribution in [0.3, 0.4) is 0 Å². The second kappa shape index (κ2) is 9.27. The summed E-state index contributed by atoms with van der Waals surface area (Å²) >= 11 is 0. The monoisotopic (exact) mass is 397 g/mol. The van der Waals surface area contributed by atoms with Gasteiger partial charge in [0.05, 0.1) is 19.1 Å². The Labute approximate surface area is 172 Å². The molecule has 29 heavy (non-hydrogen) atoms. The van der Waals surface area contributed by atoms with Crippen LogP contribution in [0.5, 0.6) is 11.5 Å². The Bertz CT molecular complexity index is 823. The second-order valence-electron chi connectivity index (χ2n) is 8.09. The van der Waals surface area contributed by atoms with Gasteiger partial charge in [0.1, 0.15) is 6.61 Å². The van der Waals surface area contributed by atoms with Crippen LogP contribution in [0.1, 0.15) is 56.7 Å². The minimum Gasteiger partial charge on any atom is -0.493 e.